The Morgan fingerprint density at radius 2 is 2.08 bits per heavy atom. The predicted molar refractivity (Wildman–Crippen MR) is 86.5 cm³/mol. The molecule has 0 spiro atoms. The molecule has 1 aliphatic heterocycles. The Labute approximate surface area is 142 Å². The third kappa shape index (κ3) is 2.56. The van der Waals surface area contributed by atoms with Crippen molar-refractivity contribution in [2.75, 3.05) is 18.0 Å². The summed E-state index contributed by atoms with van der Waals surface area (Å²) in [6.07, 6.45) is 3.26. The van der Waals surface area contributed by atoms with E-state index in [-0.39, 0.29) is 34.9 Å². The fraction of sp³-hybridized carbons (Fsp3) is 0.375. The summed E-state index contributed by atoms with van der Waals surface area (Å²) in [5.41, 5.74) is 0.430. The van der Waals surface area contributed by atoms with Crippen molar-refractivity contribution in [3.05, 3.63) is 30.1 Å². The molecule has 1 aliphatic rings. The number of aromatic nitrogens is 4. The highest BCUT2D eigenvalue weighted by molar-refractivity contribution is 5.97. The second-order valence-corrected chi connectivity index (χ2v) is 6.13. The summed E-state index contributed by atoms with van der Waals surface area (Å²) in [5.74, 6) is -0.329. The van der Waals surface area contributed by atoms with Gasteiger partial charge in [0.05, 0.1) is 23.3 Å². The second-order valence-electron chi connectivity index (χ2n) is 6.13. The average Bonchev–Trinajstić information content (AvgIpc) is 3.22. The molecule has 0 amide bonds. The smallest absolute Gasteiger partial charge is 0.206 e. The molecule has 3 heterocycles. The van der Waals surface area contributed by atoms with E-state index in [1.54, 1.807) is 6.07 Å². The molecule has 0 N–H and O–H groups in total. The molecule has 9 heteroatoms. The van der Waals surface area contributed by atoms with E-state index in [1.807, 2.05) is 18.7 Å². The third-order valence-electron chi connectivity index (χ3n) is 4.19. The van der Waals surface area contributed by atoms with Gasteiger partial charge in [-0.3, -0.25) is 4.79 Å². The molecular weight excluding hydrogens is 329 g/mol. The maximum Gasteiger partial charge on any atom is 0.206 e. The average molecular weight is 345 g/mol. The van der Waals surface area contributed by atoms with Crippen molar-refractivity contribution in [3.63, 3.8) is 0 Å². The maximum absolute atomic E-state index is 15.2. The molecule has 2 atom stereocenters. The van der Waals surface area contributed by atoms with Crippen molar-refractivity contribution in [1.29, 1.82) is 0 Å². The summed E-state index contributed by atoms with van der Waals surface area (Å²) in [6, 6.07) is 1.57. The molecule has 0 bridgehead atoms. The zero-order valence-corrected chi connectivity index (χ0v) is 13.7. The molecule has 0 saturated carbocycles. The summed E-state index contributed by atoms with van der Waals surface area (Å²) < 4.78 is 27.4. The largest absolute Gasteiger partial charge is 0.372 e. The number of aldehydes is 1. The van der Waals surface area contributed by atoms with Crippen LogP contribution in [0.5, 0.6) is 0 Å². The van der Waals surface area contributed by atoms with Crippen LogP contribution in [0, 0.1) is 5.82 Å². The van der Waals surface area contributed by atoms with Crippen LogP contribution in [0.4, 0.5) is 10.1 Å². The number of ether oxygens (including phenoxy) is 1. The van der Waals surface area contributed by atoms with Gasteiger partial charge < -0.3 is 14.2 Å². The van der Waals surface area contributed by atoms with Crippen LogP contribution in [-0.2, 0) is 4.74 Å². The number of carbonyl (C=O) groups excluding carboxylic acids is 1. The van der Waals surface area contributed by atoms with Crippen LogP contribution >= 0.6 is 0 Å². The lowest BCUT2D eigenvalue weighted by Crippen LogP contribution is -2.46. The highest BCUT2D eigenvalue weighted by atomic mass is 19.1. The predicted octanol–water partition coefficient (Wildman–Crippen LogP) is 1.97. The quantitative estimate of drug-likeness (QED) is 0.671. The minimum atomic E-state index is -0.611. The van der Waals surface area contributed by atoms with Crippen molar-refractivity contribution in [1.82, 2.24) is 19.9 Å². The number of anilines is 1. The molecule has 1 aromatic carbocycles. The number of rotatable bonds is 3. The van der Waals surface area contributed by atoms with E-state index < -0.39 is 5.82 Å². The summed E-state index contributed by atoms with van der Waals surface area (Å²) >= 11 is 0. The van der Waals surface area contributed by atoms with Gasteiger partial charge in [0.15, 0.2) is 12.1 Å². The molecule has 8 nitrogen and oxygen atoms in total. The fourth-order valence-electron chi connectivity index (χ4n) is 3.29. The van der Waals surface area contributed by atoms with E-state index in [9.17, 15) is 4.79 Å². The summed E-state index contributed by atoms with van der Waals surface area (Å²) in [4.78, 5) is 17.3. The number of fused-ring (bicyclic) bond motifs is 1. The second kappa shape index (κ2) is 5.92. The van der Waals surface area contributed by atoms with Crippen LogP contribution in [-0.4, -0.2) is 51.5 Å². The normalized spacial score (nSPS) is 21.0. The molecule has 2 aromatic heterocycles. The van der Waals surface area contributed by atoms with Gasteiger partial charge in [-0.2, -0.15) is 9.78 Å². The van der Waals surface area contributed by atoms with Gasteiger partial charge in [-0.25, -0.2) is 9.37 Å². The van der Waals surface area contributed by atoms with Gasteiger partial charge in [0.1, 0.15) is 12.7 Å². The van der Waals surface area contributed by atoms with E-state index >= 15 is 4.39 Å². The number of benzene rings is 1. The highest BCUT2D eigenvalue weighted by Crippen LogP contribution is 2.34. The van der Waals surface area contributed by atoms with Gasteiger partial charge in [0.2, 0.25) is 11.4 Å². The van der Waals surface area contributed by atoms with E-state index in [2.05, 4.69) is 15.2 Å². The molecule has 3 aromatic rings. The number of halogens is 1. The number of morpholine rings is 1. The topological polar surface area (TPSA) is 86.3 Å². The van der Waals surface area contributed by atoms with E-state index in [0.717, 1.165) is 0 Å². The standard InChI is InChI=1S/C16H16FN5O3/c1-9-4-21(5-10(2)24-9)14-11(6-23)3-12-15(13(14)17)25-20-16(12)22-8-18-7-19-22/h3,6-10H,4-5H2,1-2H3/t9-,10-/m1/s1. The SMILES string of the molecule is C[C@@H]1CN(c2c(C=O)cc3c(-n4cncn4)noc3c2F)C[C@@H](C)O1. The summed E-state index contributed by atoms with van der Waals surface area (Å²) in [7, 11) is 0. The fourth-order valence-corrected chi connectivity index (χ4v) is 3.29. The van der Waals surface area contributed by atoms with Crippen LogP contribution in [0.1, 0.15) is 24.2 Å². The highest BCUT2D eigenvalue weighted by Gasteiger charge is 2.29. The Balaban J connectivity index is 1.88. The first-order chi connectivity index (χ1) is 12.1. The Kier molecular flexibility index (Phi) is 3.72. The van der Waals surface area contributed by atoms with Gasteiger partial charge in [-0.05, 0) is 19.9 Å². The van der Waals surface area contributed by atoms with E-state index in [0.29, 0.717) is 24.8 Å². The van der Waals surface area contributed by atoms with Crippen molar-refractivity contribution in [3.8, 4) is 5.82 Å². The first-order valence-corrected chi connectivity index (χ1v) is 7.91. The zero-order valence-electron chi connectivity index (χ0n) is 13.7. The van der Waals surface area contributed by atoms with Crippen LogP contribution in [0.3, 0.4) is 0 Å². The number of nitrogens with zero attached hydrogens (tertiary/aromatic N) is 5. The Morgan fingerprint density at radius 1 is 1.32 bits per heavy atom. The lowest BCUT2D eigenvalue weighted by atomic mass is 10.1. The molecule has 0 radical (unpaired) electrons. The Hall–Kier alpha value is -2.81. The van der Waals surface area contributed by atoms with E-state index in [4.69, 9.17) is 9.26 Å². The minimum absolute atomic E-state index is 0.0158. The molecule has 130 valence electrons. The first kappa shape index (κ1) is 15.7. The minimum Gasteiger partial charge on any atom is -0.372 e. The molecule has 4 rings (SSSR count). The number of carbonyl (C=O) groups is 1. The van der Waals surface area contributed by atoms with Crippen molar-refractivity contribution < 1.29 is 18.4 Å². The van der Waals surface area contributed by atoms with Crippen LogP contribution in [0.15, 0.2) is 23.2 Å². The monoisotopic (exact) mass is 345 g/mol. The van der Waals surface area contributed by atoms with Gasteiger partial charge in [0.25, 0.3) is 0 Å². The van der Waals surface area contributed by atoms with Gasteiger partial charge in [0, 0.05) is 18.7 Å². The Morgan fingerprint density at radius 3 is 2.72 bits per heavy atom. The zero-order chi connectivity index (χ0) is 17.6. The molecule has 0 unspecified atom stereocenters. The van der Waals surface area contributed by atoms with Crippen molar-refractivity contribution in [2.45, 2.75) is 26.1 Å². The van der Waals surface area contributed by atoms with Crippen molar-refractivity contribution >= 4 is 22.9 Å². The number of hydrogen-bond donors (Lipinski definition) is 0. The van der Waals surface area contributed by atoms with Crippen molar-refractivity contribution in [2.24, 2.45) is 0 Å². The van der Waals surface area contributed by atoms with Crippen LogP contribution < -0.4 is 4.90 Å². The lowest BCUT2D eigenvalue weighted by Gasteiger charge is -2.37. The first-order valence-electron chi connectivity index (χ1n) is 7.91. The molecular formula is C16H16FN5O3. The third-order valence-corrected chi connectivity index (χ3v) is 4.19. The van der Waals surface area contributed by atoms with Crippen LogP contribution in [0.2, 0.25) is 0 Å². The summed E-state index contributed by atoms with van der Waals surface area (Å²) in [5, 5.41) is 8.21. The molecule has 25 heavy (non-hydrogen) atoms. The molecule has 1 saturated heterocycles. The van der Waals surface area contributed by atoms with Crippen LogP contribution in [0.25, 0.3) is 16.8 Å². The molecule has 1 fully saturated rings. The lowest BCUT2D eigenvalue weighted by molar-refractivity contribution is -0.00543. The Bertz CT molecular complexity index is 914. The maximum atomic E-state index is 15.2. The van der Waals surface area contributed by atoms with Gasteiger partial charge in [-0.15, -0.1) is 0 Å². The summed E-state index contributed by atoms with van der Waals surface area (Å²) in [6.45, 7) is 4.79. The van der Waals surface area contributed by atoms with Gasteiger partial charge in [-0.1, -0.05) is 5.16 Å². The van der Waals surface area contributed by atoms with E-state index in [1.165, 1.54) is 17.3 Å². The van der Waals surface area contributed by atoms with Gasteiger partial charge >= 0.3 is 0 Å². The molecule has 0 aliphatic carbocycles. The number of hydrogen-bond acceptors (Lipinski definition) is 7.